The highest BCUT2D eigenvalue weighted by atomic mass is 16.2. The van der Waals surface area contributed by atoms with E-state index in [4.69, 9.17) is 0 Å². The molecular weight excluding hydrogens is 264 g/mol. The number of aromatic nitrogens is 3. The lowest BCUT2D eigenvalue weighted by Crippen LogP contribution is -2.31. The number of aryl methyl sites for hydroxylation is 3. The Kier molecular flexibility index (Phi) is 3.49. The summed E-state index contributed by atoms with van der Waals surface area (Å²) in [6.07, 6.45) is 1.92. The van der Waals surface area contributed by atoms with Crippen LogP contribution < -0.4 is 0 Å². The first-order chi connectivity index (χ1) is 10.1. The number of rotatable bonds is 2. The molecule has 2 heterocycles. The van der Waals surface area contributed by atoms with E-state index in [1.54, 1.807) is 0 Å². The van der Waals surface area contributed by atoms with Crippen molar-refractivity contribution in [1.82, 2.24) is 20.1 Å². The molecule has 3 rings (SSSR count). The minimum absolute atomic E-state index is 0.0117. The molecule has 1 saturated heterocycles. The van der Waals surface area contributed by atoms with Crippen LogP contribution in [0.15, 0.2) is 18.2 Å². The molecular formula is C16H20N4O. The van der Waals surface area contributed by atoms with Crippen LogP contribution in [-0.2, 0) is 0 Å². The standard InChI is InChI=1S/C16H20N4O/c1-10-6-7-11(2)13(9-10)16(21)20-8-4-5-14(20)15-17-12(3)18-19-15/h6-7,9,14H,4-5,8H2,1-3H3,(H,17,18,19)/t14-/m1/s1. The zero-order valence-corrected chi connectivity index (χ0v) is 12.7. The van der Waals surface area contributed by atoms with E-state index in [9.17, 15) is 4.79 Å². The molecule has 0 unspecified atom stereocenters. The summed E-state index contributed by atoms with van der Waals surface area (Å²) >= 11 is 0. The first kappa shape index (κ1) is 13.8. The Hall–Kier alpha value is -2.17. The molecule has 1 fully saturated rings. The van der Waals surface area contributed by atoms with Gasteiger partial charge in [-0.05, 0) is 45.2 Å². The van der Waals surface area contributed by atoms with Crippen LogP contribution >= 0.6 is 0 Å². The van der Waals surface area contributed by atoms with Gasteiger partial charge in [0.2, 0.25) is 0 Å². The molecule has 110 valence electrons. The fraction of sp³-hybridized carbons (Fsp3) is 0.438. The van der Waals surface area contributed by atoms with Crippen LogP contribution in [0.5, 0.6) is 0 Å². The summed E-state index contributed by atoms with van der Waals surface area (Å²) in [6.45, 7) is 6.64. The molecule has 1 amide bonds. The molecule has 0 spiro atoms. The molecule has 0 bridgehead atoms. The van der Waals surface area contributed by atoms with Crippen LogP contribution in [0.25, 0.3) is 0 Å². The van der Waals surface area contributed by atoms with Crippen molar-refractivity contribution in [3.63, 3.8) is 0 Å². The highest BCUT2D eigenvalue weighted by Crippen LogP contribution is 2.31. The third-order valence-electron chi connectivity index (χ3n) is 4.05. The Morgan fingerprint density at radius 3 is 2.86 bits per heavy atom. The topological polar surface area (TPSA) is 61.9 Å². The molecule has 1 aliphatic heterocycles. The molecule has 0 radical (unpaired) electrons. The first-order valence-corrected chi connectivity index (χ1v) is 7.33. The summed E-state index contributed by atoms with van der Waals surface area (Å²) in [5.41, 5.74) is 2.91. The highest BCUT2D eigenvalue weighted by Gasteiger charge is 2.33. The van der Waals surface area contributed by atoms with E-state index in [2.05, 4.69) is 15.2 Å². The van der Waals surface area contributed by atoms with E-state index in [1.807, 2.05) is 43.9 Å². The number of benzene rings is 1. The molecule has 5 nitrogen and oxygen atoms in total. The van der Waals surface area contributed by atoms with Crippen molar-refractivity contribution >= 4 is 5.91 Å². The van der Waals surface area contributed by atoms with Crippen molar-refractivity contribution in [3.05, 3.63) is 46.5 Å². The average Bonchev–Trinajstić information content (AvgIpc) is 3.09. The number of H-pyrrole nitrogens is 1. The zero-order valence-electron chi connectivity index (χ0n) is 12.7. The Balaban J connectivity index is 1.91. The Labute approximate surface area is 124 Å². The van der Waals surface area contributed by atoms with Gasteiger partial charge in [0.15, 0.2) is 5.82 Å². The molecule has 2 aromatic rings. The number of nitrogens with zero attached hydrogens (tertiary/aromatic N) is 3. The number of carbonyl (C=O) groups excluding carboxylic acids is 1. The minimum atomic E-state index is -0.0117. The Morgan fingerprint density at radius 1 is 1.33 bits per heavy atom. The monoisotopic (exact) mass is 284 g/mol. The maximum atomic E-state index is 12.9. The van der Waals surface area contributed by atoms with Crippen molar-refractivity contribution in [3.8, 4) is 0 Å². The second kappa shape index (κ2) is 5.31. The SMILES string of the molecule is Cc1ccc(C)c(C(=O)N2CCC[C@@H]2c2n[nH]c(C)n2)c1. The van der Waals surface area contributed by atoms with Gasteiger partial charge in [-0.2, -0.15) is 5.10 Å². The fourth-order valence-electron chi connectivity index (χ4n) is 2.91. The Bertz CT molecular complexity index is 677. The van der Waals surface area contributed by atoms with Gasteiger partial charge in [0.25, 0.3) is 5.91 Å². The summed E-state index contributed by atoms with van der Waals surface area (Å²) in [5.74, 6) is 1.60. The number of hydrogen-bond acceptors (Lipinski definition) is 3. The third kappa shape index (κ3) is 2.55. The van der Waals surface area contributed by atoms with Crippen molar-refractivity contribution in [2.75, 3.05) is 6.54 Å². The van der Waals surface area contributed by atoms with Gasteiger partial charge in [-0.25, -0.2) is 4.98 Å². The van der Waals surface area contributed by atoms with Crippen LogP contribution in [0.3, 0.4) is 0 Å². The summed E-state index contributed by atoms with van der Waals surface area (Å²) in [5, 5.41) is 7.10. The quantitative estimate of drug-likeness (QED) is 0.922. The summed E-state index contributed by atoms with van der Waals surface area (Å²) in [6, 6.07) is 6.00. The van der Waals surface area contributed by atoms with Gasteiger partial charge in [0, 0.05) is 12.1 Å². The van der Waals surface area contributed by atoms with Crippen molar-refractivity contribution < 1.29 is 4.79 Å². The third-order valence-corrected chi connectivity index (χ3v) is 4.05. The lowest BCUT2D eigenvalue weighted by atomic mass is 10.0. The van der Waals surface area contributed by atoms with Gasteiger partial charge in [0.1, 0.15) is 5.82 Å². The van der Waals surface area contributed by atoms with Crippen LogP contribution in [-0.4, -0.2) is 32.5 Å². The van der Waals surface area contributed by atoms with Crippen LogP contribution in [0.2, 0.25) is 0 Å². The lowest BCUT2D eigenvalue weighted by molar-refractivity contribution is 0.0729. The Morgan fingerprint density at radius 2 is 2.14 bits per heavy atom. The van der Waals surface area contributed by atoms with E-state index >= 15 is 0 Å². The maximum Gasteiger partial charge on any atom is 0.254 e. The van der Waals surface area contributed by atoms with E-state index in [0.29, 0.717) is 0 Å². The highest BCUT2D eigenvalue weighted by molar-refractivity contribution is 5.96. The van der Waals surface area contributed by atoms with E-state index in [0.717, 1.165) is 47.7 Å². The predicted molar refractivity (Wildman–Crippen MR) is 80.0 cm³/mol. The van der Waals surface area contributed by atoms with E-state index < -0.39 is 0 Å². The molecule has 1 aromatic carbocycles. The molecule has 21 heavy (non-hydrogen) atoms. The molecule has 1 aromatic heterocycles. The van der Waals surface area contributed by atoms with Crippen molar-refractivity contribution in [2.24, 2.45) is 0 Å². The number of nitrogens with one attached hydrogen (secondary N) is 1. The fourth-order valence-corrected chi connectivity index (χ4v) is 2.91. The summed E-state index contributed by atoms with van der Waals surface area (Å²) in [7, 11) is 0. The average molecular weight is 284 g/mol. The number of carbonyl (C=O) groups is 1. The summed E-state index contributed by atoms with van der Waals surface area (Å²) < 4.78 is 0. The smallest absolute Gasteiger partial charge is 0.254 e. The van der Waals surface area contributed by atoms with E-state index in [1.165, 1.54) is 0 Å². The van der Waals surface area contributed by atoms with E-state index in [-0.39, 0.29) is 11.9 Å². The van der Waals surface area contributed by atoms with Crippen LogP contribution in [0.4, 0.5) is 0 Å². The van der Waals surface area contributed by atoms with Gasteiger partial charge in [-0.15, -0.1) is 0 Å². The zero-order chi connectivity index (χ0) is 15.0. The minimum Gasteiger partial charge on any atom is -0.328 e. The second-order valence-corrected chi connectivity index (χ2v) is 5.75. The predicted octanol–water partition coefficient (Wildman–Crippen LogP) is 2.71. The van der Waals surface area contributed by atoms with Crippen molar-refractivity contribution in [1.29, 1.82) is 0 Å². The summed E-state index contributed by atoms with van der Waals surface area (Å²) in [4.78, 5) is 19.2. The van der Waals surface area contributed by atoms with Crippen LogP contribution in [0.1, 0.15) is 52.0 Å². The lowest BCUT2D eigenvalue weighted by Gasteiger charge is -2.23. The maximum absolute atomic E-state index is 12.9. The number of likely N-dealkylation sites (tertiary alicyclic amines) is 1. The van der Waals surface area contributed by atoms with Gasteiger partial charge >= 0.3 is 0 Å². The van der Waals surface area contributed by atoms with Gasteiger partial charge in [-0.1, -0.05) is 17.7 Å². The second-order valence-electron chi connectivity index (χ2n) is 5.75. The number of hydrogen-bond donors (Lipinski definition) is 1. The van der Waals surface area contributed by atoms with Gasteiger partial charge in [-0.3, -0.25) is 9.89 Å². The van der Waals surface area contributed by atoms with Crippen molar-refractivity contribution in [2.45, 2.75) is 39.7 Å². The van der Waals surface area contributed by atoms with Gasteiger partial charge < -0.3 is 4.90 Å². The molecule has 1 aliphatic rings. The van der Waals surface area contributed by atoms with Crippen LogP contribution in [0, 0.1) is 20.8 Å². The molecule has 1 N–H and O–H groups in total. The number of aromatic amines is 1. The number of amides is 1. The normalized spacial score (nSPS) is 18.2. The molecule has 5 heteroatoms. The molecule has 0 aliphatic carbocycles. The largest absolute Gasteiger partial charge is 0.328 e. The molecule has 1 atom stereocenters. The first-order valence-electron chi connectivity index (χ1n) is 7.33. The molecule has 0 saturated carbocycles. The van der Waals surface area contributed by atoms with Gasteiger partial charge in [0.05, 0.1) is 6.04 Å².